The highest BCUT2D eigenvalue weighted by Crippen LogP contribution is 2.25. The maximum Gasteiger partial charge on any atom is 0.232 e. The molecule has 1 aromatic rings. The maximum absolute atomic E-state index is 11.6. The monoisotopic (exact) mass is 293 g/mol. The van der Waals surface area contributed by atoms with E-state index in [1.54, 1.807) is 30.6 Å². The number of hydrogen-bond acceptors (Lipinski definition) is 4. The number of rotatable bonds is 6. The third-order valence-electron chi connectivity index (χ3n) is 2.06. The summed E-state index contributed by atoms with van der Waals surface area (Å²) in [4.78, 5) is 14.4. The number of thiophene rings is 1. The molecule has 0 aliphatic rings. The van der Waals surface area contributed by atoms with Gasteiger partial charge in [-0.3, -0.25) is 4.79 Å². The minimum Gasteiger partial charge on any atom is -0.392 e. The standard InChI is InChI=1S/C11H16ClNO2S2/c1-8(14)5-13(2)11(15)7-16-6-9-3-4-10(12)17-9/h3-4,8,14H,5-7H2,1-2H3. The Morgan fingerprint density at radius 2 is 2.35 bits per heavy atom. The van der Waals surface area contributed by atoms with E-state index in [0.29, 0.717) is 12.3 Å². The molecule has 0 saturated carbocycles. The topological polar surface area (TPSA) is 40.5 Å². The van der Waals surface area contributed by atoms with Gasteiger partial charge in [0.25, 0.3) is 0 Å². The maximum atomic E-state index is 11.6. The molecule has 96 valence electrons. The zero-order chi connectivity index (χ0) is 12.8. The Bertz CT molecular complexity index is 368. The highest BCUT2D eigenvalue weighted by atomic mass is 35.5. The van der Waals surface area contributed by atoms with Gasteiger partial charge in [-0.1, -0.05) is 11.6 Å². The number of amides is 1. The van der Waals surface area contributed by atoms with Gasteiger partial charge in [0.2, 0.25) is 5.91 Å². The van der Waals surface area contributed by atoms with E-state index in [4.69, 9.17) is 16.7 Å². The number of likely N-dealkylation sites (N-methyl/N-ethyl adjacent to an activating group) is 1. The van der Waals surface area contributed by atoms with Crippen LogP contribution in [0.15, 0.2) is 12.1 Å². The summed E-state index contributed by atoms with van der Waals surface area (Å²) in [7, 11) is 1.71. The van der Waals surface area contributed by atoms with Crippen molar-refractivity contribution in [3.05, 3.63) is 21.3 Å². The predicted octanol–water partition coefficient (Wildman–Crippen LogP) is 2.47. The molecule has 6 heteroatoms. The highest BCUT2D eigenvalue weighted by molar-refractivity contribution is 7.99. The van der Waals surface area contributed by atoms with Crippen LogP contribution >= 0.6 is 34.7 Å². The van der Waals surface area contributed by atoms with E-state index in [1.807, 2.05) is 12.1 Å². The van der Waals surface area contributed by atoms with E-state index >= 15 is 0 Å². The smallest absolute Gasteiger partial charge is 0.232 e. The first-order valence-electron chi connectivity index (χ1n) is 5.23. The van der Waals surface area contributed by atoms with Crippen LogP contribution in [0.3, 0.4) is 0 Å². The summed E-state index contributed by atoms with van der Waals surface area (Å²) in [5, 5.41) is 9.16. The fraction of sp³-hybridized carbons (Fsp3) is 0.545. The van der Waals surface area contributed by atoms with Gasteiger partial charge in [0.15, 0.2) is 0 Å². The lowest BCUT2D eigenvalue weighted by Crippen LogP contribution is -2.34. The number of hydrogen-bond donors (Lipinski definition) is 1. The van der Waals surface area contributed by atoms with Crippen molar-refractivity contribution in [3.8, 4) is 0 Å². The van der Waals surface area contributed by atoms with Gasteiger partial charge in [-0.05, 0) is 19.1 Å². The summed E-state index contributed by atoms with van der Waals surface area (Å²) in [6.45, 7) is 2.05. The second-order valence-electron chi connectivity index (χ2n) is 3.82. The Morgan fingerprint density at radius 1 is 1.65 bits per heavy atom. The van der Waals surface area contributed by atoms with Crippen molar-refractivity contribution in [2.24, 2.45) is 0 Å². The molecule has 0 aliphatic carbocycles. The molecule has 1 amide bonds. The Kier molecular flexibility index (Phi) is 6.33. The molecule has 0 spiro atoms. The van der Waals surface area contributed by atoms with Gasteiger partial charge in [0.1, 0.15) is 0 Å². The molecular formula is C11H16ClNO2S2. The number of aliphatic hydroxyl groups excluding tert-OH is 1. The summed E-state index contributed by atoms with van der Waals surface area (Å²) in [6, 6.07) is 3.84. The first kappa shape index (κ1) is 14.8. The summed E-state index contributed by atoms with van der Waals surface area (Å²) in [6.07, 6.45) is -0.481. The van der Waals surface area contributed by atoms with E-state index in [0.717, 1.165) is 10.1 Å². The Balaban J connectivity index is 2.24. The molecule has 17 heavy (non-hydrogen) atoms. The van der Waals surface area contributed by atoms with Crippen molar-refractivity contribution in [2.45, 2.75) is 18.8 Å². The Hall–Kier alpha value is -0.230. The van der Waals surface area contributed by atoms with E-state index in [2.05, 4.69) is 0 Å². The average molecular weight is 294 g/mol. The van der Waals surface area contributed by atoms with Crippen LogP contribution in [0, 0.1) is 0 Å². The molecule has 1 rings (SSSR count). The summed E-state index contributed by atoms with van der Waals surface area (Å²) in [5.74, 6) is 1.27. The summed E-state index contributed by atoms with van der Waals surface area (Å²) >= 11 is 8.92. The van der Waals surface area contributed by atoms with Crippen molar-refractivity contribution >= 4 is 40.6 Å². The van der Waals surface area contributed by atoms with E-state index in [1.165, 1.54) is 16.2 Å². The largest absolute Gasteiger partial charge is 0.392 e. The normalized spacial score (nSPS) is 12.5. The lowest BCUT2D eigenvalue weighted by molar-refractivity contribution is -0.128. The van der Waals surface area contributed by atoms with Crippen LogP contribution < -0.4 is 0 Å². The van der Waals surface area contributed by atoms with Gasteiger partial charge < -0.3 is 10.0 Å². The lowest BCUT2D eigenvalue weighted by atomic mass is 10.4. The molecule has 1 heterocycles. The molecule has 0 fully saturated rings. The molecule has 1 atom stereocenters. The van der Waals surface area contributed by atoms with E-state index in [9.17, 15) is 4.79 Å². The number of carbonyl (C=O) groups is 1. The zero-order valence-corrected chi connectivity index (χ0v) is 12.2. The highest BCUT2D eigenvalue weighted by Gasteiger charge is 2.11. The van der Waals surface area contributed by atoms with E-state index < -0.39 is 6.10 Å². The molecule has 1 unspecified atom stereocenters. The molecule has 1 N–H and O–H groups in total. The second kappa shape index (κ2) is 7.26. The van der Waals surface area contributed by atoms with Crippen molar-refractivity contribution < 1.29 is 9.90 Å². The van der Waals surface area contributed by atoms with Crippen molar-refractivity contribution in [3.63, 3.8) is 0 Å². The quantitative estimate of drug-likeness (QED) is 0.876. The van der Waals surface area contributed by atoms with Crippen LogP contribution in [-0.4, -0.2) is 41.4 Å². The number of thioether (sulfide) groups is 1. The number of aliphatic hydroxyl groups is 1. The zero-order valence-electron chi connectivity index (χ0n) is 9.85. The van der Waals surface area contributed by atoms with Crippen LogP contribution in [-0.2, 0) is 10.5 Å². The minimum atomic E-state index is -0.481. The molecule has 0 saturated heterocycles. The first-order valence-corrected chi connectivity index (χ1v) is 7.58. The predicted molar refractivity (Wildman–Crippen MR) is 74.8 cm³/mol. The Labute approximate surface area is 115 Å². The molecule has 1 aromatic heterocycles. The van der Waals surface area contributed by atoms with Gasteiger partial charge in [0, 0.05) is 24.2 Å². The van der Waals surface area contributed by atoms with Crippen LogP contribution in [0.4, 0.5) is 0 Å². The van der Waals surface area contributed by atoms with Gasteiger partial charge >= 0.3 is 0 Å². The first-order chi connectivity index (χ1) is 7.99. The molecule has 0 aromatic carbocycles. The van der Waals surface area contributed by atoms with Gasteiger partial charge in [-0.2, -0.15) is 0 Å². The molecule has 0 radical (unpaired) electrons. The van der Waals surface area contributed by atoms with Crippen molar-refractivity contribution in [2.75, 3.05) is 19.3 Å². The van der Waals surface area contributed by atoms with Crippen molar-refractivity contribution in [1.29, 1.82) is 0 Å². The van der Waals surface area contributed by atoms with Crippen LogP contribution in [0.1, 0.15) is 11.8 Å². The number of nitrogens with zero attached hydrogens (tertiary/aromatic N) is 1. The third-order valence-corrected chi connectivity index (χ3v) is 4.44. The fourth-order valence-corrected chi connectivity index (χ4v) is 3.44. The fourth-order valence-electron chi connectivity index (χ4n) is 1.28. The summed E-state index contributed by atoms with van der Waals surface area (Å²) < 4.78 is 0.776. The SMILES string of the molecule is CC(O)CN(C)C(=O)CSCc1ccc(Cl)s1. The van der Waals surface area contributed by atoms with E-state index in [-0.39, 0.29) is 5.91 Å². The minimum absolute atomic E-state index is 0.0403. The van der Waals surface area contributed by atoms with Crippen LogP contribution in [0.2, 0.25) is 4.34 Å². The van der Waals surface area contributed by atoms with Crippen LogP contribution in [0.25, 0.3) is 0 Å². The second-order valence-corrected chi connectivity index (χ2v) is 6.61. The average Bonchev–Trinajstić information content (AvgIpc) is 2.63. The number of halogens is 1. The van der Waals surface area contributed by atoms with Gasteiger partial charge in [-0.25, -0.2) is 0 Å². The molecule has 0 aliphatic heterocycles. The van der Waals surface area contributed by atoms with Gasteiger partial charge in [-0.15, -0.1) is 23.1 Å². The summed E-state index contributed by atoms with van der Waals surface area (Å²) in [5.41, 5.74) is 0. The van der Waals surface area contributed by atoms with Crippen LogP contribution in [0.5, 0.6) is 0 Å². The molecule has 0 bridgehead atoms. The van der Waals surface area contributed by atoms with Crippen molar-refractivity contribution in [1.82, 2.24) is 4.90 Å². The molecular weight excluding hydrogens is 278 g/mol. The lowest BCUT2D eigenvalue weighted by Gasteiger charge is -2.18. The van der Waals surface area contributed by atoms with Gasteiger partial charge in [0.05, 0.1) is 16.2 Å². The Morgan fingerprint density at radius 3 is 2.88 bits per heavy atom. The third kappa shape index (κ3) is 5.77. The molecule has 3 nitrogen and oxygen atoms in total. The number of carbonyl (C=O) groups excluding carboxylic acids is 1.